The maximum absolute atomic E-state index is 14.2. The molecule has 7 nitrogen and oxygen atoms in total. The average Bonchev–Trinajstić information content (AvgIpc) is 2.95. The van der Waals surface area contributed by atoms with E-state index in [1.165, 1.54) is 30.0 Å². The molecule has 1 N–H and O–H groups in total. The number of aryl methyl sites for hydroxylation is 1. The molecule has 2 heterocycles. The number of nitrogens with zero attached hydrogens (tertiary/aromatic N) is 2. The standard InChI is InChI=1S/C16H14ClFN2O5/c1-8-12(15(21)20-5-6-24-11(7-20)16(22)23)14(19-25-8)13-9(17)3-2-4-10(13)18/h2-4,11H,5-7H2,1H3,(H,22,23)/t11-/m0/s1. The summed E-state index contributed by atoms with van der Waals surface area (Å²) in [5.41, 5.74) is 0.00872. The lowest BCUT2D eigenvalue weighted by Gasteiger charge is -2.30. The Kier molecular flexibility index (Phi) is 4.73. The summed E-state index contributed by atoms with van der Waals surface area (Å²) < 4.78 is 24.4. The number of carboxylic acids is 1. The van der Waals surface area contributed by atoms with Crippen molar-refractivity contribution in [2.45, 2.75) is 13.0 Å². The highest BCUT2D eigenvalue weighted by Crippen LogP contribution is 2.34. The van der Waals surface area contributed by atoms with Gasteiger partial charge in [-0.25, -0.2) is 9.18 Å². The van der Waals surface area contributed by atoms with Crippen molar-refractivity contribution in [3.8, 4) is 11.3 Å². The third kappa shape index (κ3) is 3.22. The van der Waals surface area contributed by atoms with Gasteiger partial charge in [-0.2, -0.15) is 0 Å². The van der Waals surface area contributed by atoms with E-state index in [9.17, 15) is 14.0 Å². The van der Waals surface area contributed by atoms with Crippen LogP contribution in [0.2, 0.25) is 5.02 Å². The van der Waals surface area contributed by atoms with E-state index in [2.05, 4.69) is 5.16 Å². The summed E-state index contributed by atoms with van der Waals surface area (Å²) in [7, 11) is 0. The Morgan fingerprint density at radius 3 is 2.88 bits per heavy atom. The zero-order chi connectivity index (χ0) is 18.1. The number of morpholine rings is 1. The number of aromatic nitrogens is 1. The Labute approximate surface area is 146 Å². The van der Waals surface area contributed by atoms with Gasteiger partial charge in [-0.05, 0) is 19.1 Å². The summed E-state index contributed by atoms with van der Waals surface area (Å²) in [6.45, 7) is 1.69. The second-order valence-electron chi connectivity index (χ2n) is 5.51. The Morgan fingerprint density at radius 1 is 1.44 bits per heavy atom. The molecule has 0 bridgehead atoms. The number of halogens is 2. The molecule has 0 radical (unpaired) electrons. The first-order valence-electron chi connectivity index (χ1n) is 7.44. The quantitative estimate of drug-likeness (QED) is 0.894. The van der Waals surface area contributed by atoms with Gasteiger partial charge in [0.15, 0.2) is 6.10 Å². The predicted octanol–water partition coefficient (Wildman–Crippen LogP) is 2.37. The van der Waals surface area contributed by atoms with Gasteiger partial charge in [-0.1, -0.05) is 22.8 Å². The largest absolute Gasteiger partial charge is 0.479 e. The number of carboxylic acid groups (broad SMARTS) is 1. The molecule has 0 saturated carbocycles. The fraction of sp³-hybridized carbons (Fsp3) is 0.312. The van der Waals surface area contributed by atoms with E-state index in [-0.39, 0.29) is 47.3 Å². The number of hydrogen-bond acceptors (Lipinski definition) is 5. The molecule has 3 rings (SSSR count). The fourth-order valence-corrected chi connectivity index (χ4v) is 2.91. The summed E-state index contributed by atoms with van der Waals surface area (Å²) in [6, 6.07) is 4.12. The molecular formula is C16H14ClFN2O5. The van der Waals surface area contributed by atoms with Crippen LogP contribution in [0.25, 0.3) is 11.3 Å². The first-order chi connectivity index (χ1) is 11.9. The highest BCUT2D eigenvalue weighted by molar-refractivity contribution is 6.33. The number of carbonyl (C=O) groups excluding carboxylic acids is 1. The maximum Gasteiger partial charge on any atom is 0.334 e. The van der Waals surface area contributed by atoms with E-state index in [0.717, 1.165) is 0 Å². The van der Waals surface area contributed by atoms with Crippen LogP contribution in [0.15, 0.2) is 22.7 Å². The van der Waals surface area contributed by atoms with Crippen molar-refractivity contribution in [1.29, 1.82) is 0 Å². The molecule has 1 aliphatic rings. The molecule has 25 heavy (non-hydrogen) atoms. The number of amides is 1. The molecule has 1 saturated heterocycles. The minimum Gasteiger partial charge on any atom is -0.479 e. The van der Waals surface area contributed by atoms with Gasteiger partial charge < -0.3 is 19.3 Å². The number of ether oxygens (including phenoxy) is 1. The molecule has 1 aromatic carbocycles. The second-order valence-corrected chi connectivity index (χ2v) is 5.92. The normalized spacial score (nSPS) is 17.6. The third-order valence-corrected chi connectivity index (χ3v) is 4.22. The maximum atomic E-state index is 14.2. The van der Waals surface area contributed by atoms with E-state index in [1.54, 1.807) is 0 Å². The van der Waals surface area contributed by atoms with Gasteiger partial charge in [0.25, 0.3) is 5.91 Å². The van der Waals surface area contributed by atoms with Crippen LogP contribution in [0.4, 0.5) is 4.39 Å². The van der Waals surface area contributed by atoms with Crippen LogP contribution in [-0.2, 0) is 9.53 Å². The summed E-state index contributed by atoms with van der Waals surface area (Å²) in [5, 5.41) is 12.9. The van der Waals surface area contributed by atoms with Crippen LogP contribution in [-0.4, -0.2) is 52.8 Å². The highest BCUT2D eigenvalue weighted by atomic mass is 35.5. The van der Waals surface area contributed by atoms with Gasteiger partial charge in [0.2, 0.25) is 0 Å². The monoisotopic (exact) mass is 368 g/mol. The van der Waals surface area contributed by atoms with Gasteiger partial charge in [-0.15, -0.1) is 0 Å². The van der Waals surface area contributed by atoms with Crippen molar-refractivity contribution in [2.75, 3.05) is 19.7 Å². The summed E-state index contributed by atoms with van der Waals surface area (Å²) >= 11 is 6.06. The molecule has 9 heteroatoms. The van der Waals surface area contributed by atoms with Gasteiger partial charge in [-0.3, -0.25) is 4.79 Å². The number of rotatable bonds is 3. The van der Waals surface area contributed by atoms with E-state index in [4.69, 9.17) is 26.0 Å². The van der Waals surface area contributed by atoms with Gasteiger partial charge in [0.1, 0.15) is 22.8 Å². The van der Waals surface area contributed by atoms with Crippen molar-refractivity contribution < 1.29 is 28.3 Å². The third-order valence-electron chi connectivity index (χ3n) is 3.91. The van der Waals surface area contributed by atoms with E-state index < -0.39 is 23.8 Å². The Balaban J connectivity index is 2.00. The van der Waals surface area contributed by atoms with Crippen molar-refractivity contribution >= 4 is 23.5 Å². The smallest absolute Gasteiger partial charge is 0.334 e. The van der Waals surface area contributed by atoms with Crippen molar-refractivity contribution in [3.05, 3.63) is 40.4 Å². The Morgan fingerprint density at radius 2 is 2.20 bits per heavy atom. The van der Waals surface area contributed by atoms with Crippen molar-refractivity contribution in [3.63, 3.8) is 0 Å². The van der Waals surface area contributed by atoms with E-state index in [0.29, 0.717) is 0 Å². The van der Waals surface area contributed by atoms with Crippen LogP contribution in [0.3, 0.4) is 0 Å². The van der Waals surface area contributed by atoms with E-state index >= 15 is 0 Å². The molecule has 2 aromatic rings. The minimum atomic E-state index is -1.16. The van der Waals surface area contributed by atoms with Crippen LogP contribution >= 0.6 is 11.6 Å². The lowest BCUT2D eigenvalue weighted by Crippen LogP contribution is -2.48. The fourth-order valence-electron chi connectivity index (χ4n) is 2.66. The summed E-state index contributed by atoms with van der Waals surface area (Å²) in [4.78, 5) is 25.3. The first kappa shape index (κ1) is 17.4. The second kappa shape index (κ2) is 6.81. The Bertz CT molecular complexity index is 818. The van der Waals surface area contributed by atoms with Gasteiger partial charge in [0.05, 0.1) is 23.7 Å². The molecule has 1 atom stereocenters. The minimum absolute atomic E-state index is 0.0102. The molecule has 1 aliphatic heterocycles. The van der Waals surface area contributed by atoms with Crippen molar-refractivity contribution in [2.24, 2.45) is 0 Å². The first-order valence-corrected chi connectivity index (χ1v) is 7.82. The summed E-state index contributed by atoms with van der Waals surface area (Å²) in [6.07, 6.45) is -1.11. The highest BCUT2D eigenvalue weighted by Gasteiger charge is 2.33. The SMILES string of the molecule is Cc1onc(-c2c(F)cccc2Cl)c1C(=O)N1CCO[C@H](C(=O)O)C1. The predicted molar refractivity (Wildman–Crippen MR) is 84.9 cm³/mol. The molecular weight excluding hydrogens is 355 g/mol. The van der Waals surface area contributed by atoms with Crippen molar-refractivity contribution in [1.82, 2.24) is 10.1 Å². The van der Waals surface area contributed by atoms with Gasteiger partial charge in [0, 0.05) is 6.54 Å². The molecule has 132 valence electrons. The molecule has 0 unspecified atom stereocenters. The molecule has 1 amide bonds. The van der Waals surface area contributed by atoms with Crippen LogP contribution in [0.1, 0.15) is 16.1 Å². The number of hydrogen-bond donors (Lipinski definition) is 1. The lowest BCUT2D eigenvalue weighted by atomic mass is 10.0. The Hall–Kier alpha value is -2.45. The van der Waals surface area contributed by atoms with Gasteiger partial charge >= 0.3 is 5.97 Å². The number of carbonyl (C=O) groups is 2. The van der Waals surface area contributed by atoms with Crippen LogP contribution in [0, 0.1) is 12.7 Å². The molecule has 1 fully saturated rings. The van der Waals surface area contributed by atoms with Crippen LogP contribution < -0.4 is 0 Å². The summed E-state index contributed by atoms with van der Waals surface area (Å²) in [5.74, 6) is -2.11. The topological polar surface area (TPSA) is 92.9 Å². The van der Waals surface area contributed by atoms with Crippen LogP contribution in [0.5, 0.6) is 0 Å². The zero-order valence-corrected chi connectivity index (χ0v) is 13.9. The molecule has 1 aromatic heterocycles. The molecule has 0 spiro atoms. The zero-order valence-electron chi connectivity index (χ0n) is 13.2. The van der Waals surface area contributed by atoms with E-state index in [1.807, 2.05) is 0 Å². The average molecular weight is 369 g/mol. The number of aliphatic carboxylic acids is 1. The lowest BCUT2D eigenvalue weighted by molar-refractivity contribution is -0.154. The molecule has 0 aliphatic carbocycles. The number of benzene rings is 1.